The lowest BCUT2D eigenvalue weighted by molar-refractivity contribution is 0.0970. The number of fused-ring (bicyclic) bond motifs is 1. The van der Waals surface area contributed by atoms with Gasteiger partial charge in [-0.05, 0) is 56.7 Å². The third kappa shape index (κ3) is 3.05. The number of carbonyl (C=O) groups is 1. The number of ketones is 1. The van der Waals surface area contributed by atoms with E-state index in [-0.39, 0.29) is 17.9 Å². The fourth-order valence-corrected chi connectivity index (χ4v) is 3.67. The number of para-hydroxylation sites is 1. The molecule has 0 radical (unpaired) electrons. The molecule has 0 fully saturated rings. The van der Waals surface area contributed by atoms with Crippen molar-refractivity contribution in [1.82, 2.24) is 14.1 Å². The first-order chi connectivity index (χ1) is 13.5. The zero-order chi connectivity index (χ0) is 19.8. The Balaban J connectivity index is 1.71. The third-order valence-electron chi connectivity index (χ3n) is 5.04. The molecule has 0 N–H and O–H groups in total. The number of hydrogen-bond donors (Lipinski definition) is 0. The van der Waals surface area contributed by atoms with Gasteiger partial charge < -0.3 is 4.57 Å². The van der Waals surface area contributed by atoms with Crippen LogP contribution in [0.4, 0.5) is 0 Å². The fourth-order valence-electron chi connectivity index (χ4n) is 3.67. The molecule has 0 saturated carbocycles. The van der Waals surface area contributed by atoms with Gasteiger partial charge in [0.15, 0.2) is 5.78 Å². The number of carbonyl (C=O) groups excluding carboxylic acids is 1. The molecule has 0 aliphatic carbocycles. The minimum Gasteiger partial charge on any atom is -0.318 e. The summed E-state index contributed by atoms with van der Waals surface area (Å²) in [5.41, 5.74) is 5.09. The zero-order valence-corrected chi connectivity index (χ0v) is 16.1. The van der Waals surface area contributed by atoms with E-state index in [9.17, 15) is 9.59 Å². The van der Waals surface area contributed by atoms with Crippen LogP contribution in [0.2, 0.25) is 0 Å². The van der Waals surface area contributed by atoms with Crippen molar-refractivity contribution in [2.24, 2.45) is 0 Å². The highest BCUT2D eigenvalue weighted by atomic mass is 16.1. The number of aryl methyl sites for hydroxylation is 2. The maximum absolute atomic E-state index is 13.0. The monoisotopic (exact) mass is 371 g/mol. The first-order valence-electron chi connectivity index (χ1n) is 9.19. The molecule has 140 valence electrons. The Bertz CT molecular complexity index is 1260. The minimum absolute atomic E-state index is 0.0330. The van der Waals surface area contributed by atoms with Gasteiger partial charge in [-0.3, -0.25) is 14.2 Å². The summed E-state index contributed by atoms with van der Waals surface area (Å²) in [5.74, 6) is -0.105. The topological polar surface area (TPSA) is 56.9 Å². The number of rotatable bonds is 4. The molecule has 0 amide bonds. The summed E-state index contributed by atoms with van der Waals surface area (Å²) in [6, 6.07) is 17.2. The van der Waals surface area contributed by atoms with Crippen molar-refractivity contribution in [3.63, 3.8) is 0 Å². The lowest BCUT2D eigenvalue weighted by Crippen LogP contribution is -2.24. The molecule has 4 aromatic rings. The number of Topliss-reactive ketones (excluding diaryl/α,β-unsaturated/α-hetero) is 1. The van der Waals surface area contributed by atoms with Gasteiger partial charge in [0, 0.05) is 22.6 Å². The van der Waals surface area contributed by atoms with Gasteiger partial charge in [0.05, 0.1) is 23.8 Å². The Morgan fingerprint density at radius 3 is 2.57 bits per heavy atom. The van der Waals surface area contributed by atoms with Crippen LogP contribution >= 0.6 is 0 Å². The average Bonchev–Trinajstić information content (AvgIpc) is 2.98. The summed E-state index contributed by atoms with van der Waals surface area (Å²) in [6.07, 6.45) is 1.45. The lowest BCUT2D eigenvalue weighted by Gasteiger charge is -2.11. The molecule has 5 heteroatoms. The SMILES string of the molecule is Cc1cccc(-n2c(C)cc(C(=O)Cn3cnc4ccccc4c3=O)c2C)c1. The molecular weight excluding hydrogens is 350 g/mol. The van der Waals surface area contributed by atoms with Crippen LogP contribution in [-0.2, 0) is 6.54 Å². The summed E-state index contributed by atoms with van der Waals surface area (Å²) in [6.45, 7) is 5.93. The normalized spacial score (nSPS) is 11.1. The van der Waals surface area contributed by atoms with E-state index in [1.54, 1.807) is 18.2 Å². The Morgan fingerprint density at radius 2 is 1.79 bits per heavy atom. The molecule has 0 aliphatic heterocycles. The van der Waals surface area contributed by atoms with E-state index in [1.807, 2.05) is 51.1 Å². The standard InChI is InChI=1S/C23H21N3O2/c1-15-7-6-8-18(11-15)26-16(2)12-20(17(26)3)22(27)13-25-14-24-21-10-5-4-9-19(21)23(25)28/h4-12,14H,13H2,1-3H3. The Hall–Kier alpha value is -3.47. The van der Waals surface area contributed by atoms with Crippen LogP contribution in [0.3, 0.4) is 0 Å². The Morgan fingerprint density at radius 1 is 1.00 bits per heavy atom. The predicted molar refractivity (Wildman–Crippen MR) is 110 cm³/mol. The minimum atomic E-state index is -0.202. The van der Waals surface area contributed by atoms with Crippen LogP contribution in [0.15, 0.2) is 65.7 Å². The zero-order valence-electron chi connectivity index (χ0n) is 16.1. The van der Waals surface area contributed by atoms with Crippen LogP contribution in [0.1, 0.15) is 27.3 Å². The highest BCUT2D eigenvalue weighted by molar-refractivity contribution is 5.97. The summed E-state index contributed by atoms with van der Waals surface area (Å²) in [4.78, 5) is 30.0. The van der Waals surface area contributed by atoms with Gasteiger partial charge in [0.1, 0.15) is 0 Å². The highest BCUT2D eigenvalue weighted by Gasteiger charge is 2.18. The van der Waals surface area contributed by atoms with Gasteiger partial charge in [0.25, 0.3) is 5.56 Å². The van der Waals surface area contributed by atoms with Crippen molar-refractivity contribution in [2.75, 3.05) is 0 Å². The van der Waals surface area contributed by atoms with Gasteiger partial charge >= 0.3 is 0 Å². The van der Waals surface area contributed by atoms with Crippen LogP contribution in [0.5, 0.6) is 0 Å². The number of nitrogens with zero attached hydrogens (tertiary/aromatic N) is 3. The maximum atomic E-state index is 13.0. The second-order valence-corrected chi connectivity index (χ2v) is 7.08. The summed E-state index contributed by atoms with van der Waals surface area (Å²) in [7, 11) is 0. The highest BCUT2D eigenvalue weighted by Crippen LogP contribution is 2.22. The van der Waals surface area contributed by atoms with Crippen molar-refractivity contribution in [2.45, 2.75) is 27.3 Å². The number of benzene rings is 2. The van der Waals surface area contributed by atoms with Gasteiger partial charge in [-0.2, -0.15) is 0 Å². The summed E-state index contributed by atoms with van der Waals surface area (Å²) in [5, 5.41) is 0.517. The second kappa shape index (κ2) is 6.93. The molecule has 0 aliphatic rings. The first kappa shape index (κ1) is 17.9. The third-order valence-corrected chi connectivity index (χ3v) is 5.04. The van der Waals surface area contributed by atoms with Crippen LogP contribution < -0.4 is 5.56 Å². The molecule has 0 spiro atoms. The van der Waals surface area contributed by atoms with Crippen molar-refractivity contribution in [3.8, 4) is 5.69 Å². The van der Waals surface area contributed by atoms with Crippen molar-refractivity contribution < 1.29 is 4.79 Å². The molecule has 4 rings (SSSR count). The molecule has 5 nitrogen and oxygen atoms in total. The molecular formula is C23H21N3O2. The van der Waals surface area contributed by atoms with Gasteiger partial charge in [-0.25, -0.2) is 4.98 Å². The fraction of sp³-hybridized carbons (Fsp3) is 0.174. The van der Waals surface area contributed by atoms with Crippen molar-refractivity contribution in [1.29, 1.82) is 0 Å². The molecule has 0 saturated heterocycles. The van der Waals surface area contributed by atoms with E-state index < -0.39 is 0 Å². The first-order valence-corrected chi connectivity index (χ1v) is 9.19. The van der Waals surface area contributed by atoms with Gasteiger partial charge in [-0.1, -0.05) is 24.3 Å². The van der Waals surface area contributed by atoms with E-state index in [0.717, 1.165) is 22.6 Å². The van der Waals surface area contributed by atoms with Gasteiger partial charge in [-0.15, -0.1) is 0 Å². The van der Waals surface area contributed by atoms with Crippen molar-refractivity contribution in [3.05, 3.63) is 93.8 Å². The molecule has 2 aromatic carbocycles. The molecule has 0 bridgehead atoms. The van der Waals surface area contributed by atoms with Crippen LogP contribution in [0, 0.1) is 20.8 Å². The largest absolute Gasteiger partial charge is 0.318 e. The van der Waals surface area contributed by atoms with Crippen molar-refractivity contribution >= 4 is 16.7 Å². The maximum Gasteiger partial charge on any atom is 0.261 e. The van der Waals surface area contributed by atoms with Crippen LogP contribution in [-0.4, -0.2) is 19.9 Å². The Labute approximate surface area is 162 Å². The van der Waals surface area contributed by atoms with E-state index in [1.165, 1.54) is 10.9 Å². The van der Waals surface area contributed by atoms with E-state index in [4.69, 9.17) is 0 Å². The molecule has 2 heterocycles. The van der Waals surface area contributed by atoms with E-state index in [0.29, 0.717) is 16.5 Å². The second-order valence-electron chi connectivity index (χ2n) is 7.08. The van der Waals surface area contributed by atoms with E-state index >= 15 is 0 Å². The Kier molecular flexibility index (Phi) is 4.43. The molecule has 28 heavy (non-hydrogen) atoms. The average molecular weight is 371 g/mol. The lowest BCUT2D eigenvalue weighted by atomic mass is 10.1. The predicted octanol–water partition coefficient (Wildman–Crippen LogP) is 4.00. The number of hydrogen-bond acceptors (Lipinski definition) is 3. The van der Waals surface area contributed by atoms with E-state index in [2.05, 4.69) is 15.6 Å². The smallest absolute Gasteiger partial charge is 0.261 e. The molecule has 0 unspecified atom stereocenters. The summed E-state index contributed by atoms with van der Waals surface area (Å²) >= 11 is 0. The van der Waals surface area contributed by atoms with Crippen LogP contribution in [0.25, 0.3) is 16.6 Å². The quantitative estimate of drug-likeness (QED) is 0.510. The number of aromatic nitrogens is 3. The van der Waals surface area contributed by atoms with Gasteiger partial charge in [0.2, 0.25) is 0 Å². The molecule has 2 aromatic heterocycles. The molecule has 0 atom stereocenters. The summed E-state index contributed by atoms with van der Waals surface area (Å²) < 4.78 is 3.45.